The highest BCUT2D eigenvalue weighted by Gasteiger charge is 2.14. The topological polar surface area (TPSA) is 58.2 Å². The Labute approximate surface area is 147 Å². The number of nitrogens with one attached hydrogen (secondary N) is 2. The smallest absolute Gasteiger partial charge is 0.253 e. The summed E-state index contributed by atoms with van der Waals surface area (Å²) in [6.07, 6.45) is 1.60. The summed E-state index contributed by atoms with van der Waals surface area (Å²) >= 11 is 0. The standard InChI is InChI=1S/C20H23FN2O2/c1-3-14(2)22-20(25)17-6-4-5-7-18(17)23-19(24)13-10-15-8-11-16(21)12-9-15/h4-9,11-12,14H,3,10,13H2,1-2H3,(H,22,25)(H,23,24)/t14-/m0/s1. The molecule has 4 nitrogen and oxygen atoms in total. The van der Waals surface area contributed by atoms with E-state index in [4.69, 9.17) is 0 Å². The van der Waals surface area contributed by atoms with Crippen molar-refractivity contribution in [2.45, 2.75) is 39.2 Å². The van der Waals surface area contributed by atoms with Crippen LogP contribution in [0.25, 0.3) is 0 Å². The van der Waals surface area contributed by atoms with Crippen LogP contribution in [-0.4, -0.2) is 17.9 Å². The molecule has 0 heterocycles. The van der Waals surface area contributed by atoms with E-state index in [1.165, 1.54) is 12.1 Å². The molecule has 1 atom stereocenters. The molecule has 132 valence electrons. The third-order valence-corrected chi connectivity index (χ3v) is 3.99. The van der Waals surface area contributed by atoms with Crippen LogP contribution in [0.5, 0.6) is 0 Å². The summed E-state index contributed by atoms with van der Waals surface area (Å²) in [5.41, 5.74) is 1.82. The van der Waals surface area contributed by atoms with Gasteiger partial charge in [0.25, 0.3) is 5.91 Å². The van der Waals surface area contributed by atoms with Crippen molar-refractivity contribution in [3.8, 4) is 0 Å². The average Bonchev–Trinajstić information content (AvgIpc) is 2.61. The number of anilines is 1. The van der Waals surface area contributed by atoms with Crippen LogP contribution in [0.4, 0.5) is 10.1 Å². The SMILES string of the molecule is CC[C@H](C)NC(=O)c1ccccc1NC(=O)CCc1ccc(F)cc1. The fourth-order valence-corrected chi connectivity index (χ4v) is 2.32. The zero-order chi connectivity index (χ0) is 18.2. The first kappa shape index (κ1) is 18.6. The van der Waals surface area contributed by atoms with E-state index in [-0.39, 0.29) is 30.1 Å². The third-order valence-electron chi connectivity index (χ3n) is 3.99. The van der Waals surface area contributed by atoms with E-state index >= 15 is 0 Å². The number of aryl methyl sites for hydroxylation is 1. The summed E-state index contributed by atoms with van der Waals surface area (Å²) in [7, 11) is 0. The predicted octanol–water partition coefficient (Wildman–Crippen LogP) is 3.93. The van der Waals surface area contributed by atoms with Gasteiger partial charge in [-0.1, -0.05) is 31.2 Å². The quantitative estimate of drug-likeness (QED) is 0.801. The molecule has 2 amide bonds. The lowest BCUT2D eigenvalue weighted by Gasteiger charge is -2.14. The highest BCUT2D eigenvalue weighted by molar-refractivity contribution is 6.03. The molecule has 2 aromatic rings. The fraction of sp³-hybridized carbons (Fsp3) is 0.300. The van der Waals surface area contributed by atoms with Gasteiger partial charge >= 0.3 is 0 Å². The molecule has 0 saturated heterocycles. The van der Waals surface area contributed by atoms with Gasteiger partial charge in [-0.25, -0.2) is 4.39 Å². The van der Waals surface area contributed by atoms with E-state index in [1.54, 1.807) is 36.4 Å². The van der Waals surface area contributed by atoms with E-state index in [1.807, 2.05) is 13.8 Å². The molecule has 0 aliphatic heterocycles. The molecule has 0 saturated carbocycles. The zero-order valence-corrected chi connectivity index (χ0v) is 14.5. The van der Waals surface area contributed by atoms with Crippen molar-refractivity contribution in [1.82, 2.24) is 5.32 Å². The molecule has 2 rings (SSSR count). The molecule has 0 spiro atoms. The Bertz CT molecular complexity index is 729. The van der Waals surface area contributed by atoms with E-state index < -0.39 is 0 Å². The number of hydrogen-bond donors (Lipinski definition) is 2. The molecule has 0 bridgehead atoms. The third kappa shape index (κ3) is 5.71. The van der Waals surface area contributed by atoms with Crippen LogP contribution in [0.15, 0.2) is 48.5 Å². The maximum absolute atomic E-state index is 12.9. The molecule has 25 heavy (non-hydrogen) atoms. The molecule has 0 unspecified atom stereocenters. The first-order valence-electron chi connectivity index (χ1n) is 8.43. The van der Waals surface area contributed by atoms with Crippen LogP contribution < -0.4 is 10.6 Å². The summed E-state index contributed by atoms with van der Waals surface area (Å²) in [5.74, 6) is -0.689. The molecule has 2 aromatic carbocycles. The maximum Gasteiger partial charge on any atom is 0.253 e. The van der Waals surface area contributed by atoms with E-state index in [0.717, 1.165) is 12.0 Å². The molecule has 0 aromatic heterocycles. The van der Waals surface area contributed by atoms with Gasteiger partial charge in [-0.05, 0) is 49.6 Å². The zero-order valence-electron chi connectivity index (χ0n) is 14.5. The molecule has 0 aliphatic carbocycles. The number of amides is 2. The van der Waals surface area contributed by atoms with Crippen molar-refractivity contribution >= 4 is 17.5 Å². The normalized spacial score (nSPS) is 11.6. The summed E-state index contributed by atoms with van der Waals surface area (Å²) in [5, 5.41) is 5.69. The van der Waals surface area contributed by atoms with E-state index in [0.29, 0.717) is 17.7 Å². The summed E-state index contributed by atoms with van der Waals surface area (Å²) in [6, 6.07) is 13.1. The fourth-order valence-electron chi connectivity index (χ4n) is 2.32. The van der Waals surface area contributed by atoms with Gasteiger partial charge < -0.3 is 10.6 Å². The van der Waals surface area contributed by atoms with Crippen LogP contribution in [0.1, 0.15) is 42.6 Å². The van der Waals surface area contributed by atoms with Gasteiger partial charge in [0.05, 0.1) is 11.3 Å². The monoisotopic (exact) mass is 342 g/mol. The molecular weight excluding hydrogens is 319 g/mol. The second-order valence-electron chi connectivity index (χ2n) is 6.00. The van der Waals surface area contributed by atoms with Crippen molar-refractivity contribution in [1.29, 1.82) is 0 Å². The second kappa shape index (κ2) is 8.97. The molecule has 0 aliphatic rings. The lowest BCUT2D eigenvalue weighted by atomic mass is 10.1. The van der Waals surface area contributed by atoms with Gasteiger partial charge in [-0.15, -0.1) is 0 Å². The first-order chi connectivity index (χ1) is 12.0. The van der Waals surface area contributed by atoms with Crippen molar-refractivity contribution < 1.29 is 14.0 Å². The van der Waals surface area contributed by atoms with E-state index in [2.05, 4.69) is 10.6 Å². The molecular formula is C20H23FN2O2. The molecule has 2 N–H and O–H groups in total. The molecule has 0 fully saturated rings. The molecule has 5 heteroatoms. The number of carbonyl (C=O) groups excluding carboxylic acids is 2. The number of carbonyl (C=O) groups is 2. The maximum atomic E-state index is 12.9. The minimum absolute atomic E-state index is 0.0646. The van der Waals surface area contributed by atoms with Crippen LogP contribution in [0, 0.1) is 5.82 Å². The molecule has 0 radical (unpaired) electrons. The van der Waals surface area contributed by atoms with Gasteiger partial charge in [0.1, 0.15) is 5.82 Å². The van der Waals surface area contributed by atoms with Crippen molar-refractivity contribution in [3.63, 3.8) is 0 Å². The second-order valence-corrected chi connectivity index (χ2v) is 6.00. The summed E-state index contributed by atoms with van der Waals surface area (Å²) in [4.78, 5) is 24.5. The number of benzene rings is 2. The minimum atomic E-state index is -0.297. The van der Waals surface area contributed by atoms with Crippen molar-refractivity contribution in [2.24, 2.45) is 0 Å². The lowest BCUT2D eigenvalue weighted by molar-refractivity contribution is -0.116. The highest BCUT2D eigenvalue weighted by Crippen LogP contribution is 2.16. The summed E-state index contributed by atoms with van der Waals surface area (Å²) < 4.78 is 12.9. The largest absolute Gasteiger partial charge is 0.350 e. The Morgan fingerprint density at radius 1 is 1.08 bits per heavy atom. The Hall–Kier alpha value is -2.69. The van der Waals surface area contributed by atoms with Gasteiger partial charge in [-0.3, -0.25) is 9.59 Å². The van der Waals surface area contributed by atoms with Gasteiger partial charge in [-0.2, -0.15) is 0 Å². The van der Waals surface area contributed by atoms with Crippen molar-refractivity contribution in [2.75, 3.05) is 5.32 Å². The van der Waals surface area contributed by atoms with Crippen LogP contribution >= 0.6 is 0 Å². The van der Waals surface area contributed by atoms with Gasteiger partial charge in [0.15, 0.2) is 0 Å². The Balaban J connectivity index is 1.98. The van der Waals surface area contributed by atoms with Gasteiger partial charge in [0.2, 0.25) is 5.91 Å². The average molecular weight is 342 g/mol. The number of para-hydroxylation sites is 1. The predicted molar refractivity (Wildman–Crippen MR) is 97.0 cm³/mol. The number of rotatable bonds is 7. The number of halogens is 1. The first-order valence-corrected chi connectivity index (χ1v) is 8.43. The highest BCUT2D eigenvalue weighted by atomic mass is 19.1. The van der Waals surface area contributed by atoms with Crippen molar-refractivity contribution in [3.05, 3.63) is 65.5 Å². The van der Waals surface area contributed by atoms with Crippen LogP contribution in [0.3, 0.4) is 0 Å². The summed E-state index contributed by atoms with van der Waals surface area (Å²) in [6.45, 7) is 3.93. The Kier molecular flexibility index (Phi) is 6.69. The van der Waals surface area contributed by atoms with Crippen LogP contribution in [0.2, 0.25) is 0 Å². The Morgan fingerprint density at radius 3 is 2.44 bits per heavy atom. The van der Waals surface area contributed by atoms with E-state index in [9.17, 15) is 14.0 Å². The minimum Gasteiger partial charge on any atom is -0.350 e. The van der Waals surface area contributed by atoms with Crippen LogP contribution in [-0.2, 0) is 11.2 Å². The lowest BCUT2D eigenvalue weighted by Crippen LogP contribution is -2.32. The Morgan fingerprint density at radius 2 is 1.76 bits per heavy atom. The van der Waals surface area contributed by atoms with Gasteiger partial charge in [0, 0.05) is 12.5 Å². The number of hydrogen-bond acceptors (Lipinski definition) is 2.